The standard InChI is InChI=1S/C23H33NO4/c1-16-11-18(23(2,3)4)8-10-20(16)28-15-19(25)14-24-13-17-7-9-21(26-5)22(12-17)27-6/h7-12,19,24-25H,13-15H2,1-6H3/p+1/t19-/m0/s1. The number of benzene rings is 2. The van der Waals surface area contributed by atoms with E-state index in [4.69, 9.17) is 14.2 Å². The number of rotatable bonds is 9. The molecule has 5 heteroatoms. The van der Waals surface area contributed by atoms with Crippen LogP contribution in [0.1, 0.15) is 37.5 Å². The highest BCUT2D eigenvalue weighted by atomic mass is 16.5. The molecule has 0 aromatic heterocycles. The smallest absolute Gasteiger partial charge is 0.161 e. The number of hydrogen-bond donors (Lipinski definition) is 2. The second-order valence-corrected chi connectivity index (χ2v) is 8.11. The summed E-state index contributed by atoms with van der Waals surface area (Å²) in [6.07, 6.45) is -0.540. The molecule has 0 fully saturated rings. The van der Waals surface area contributed by atoms with Gasteiger partial charge in [-0.3, -0.25) is 0 Å². The summed E-state index contributed by atoms with van der Waals surface area (Å²) >= 11 is 0. The van der Waals surface area contributed by atoms with Crippen molar-refractivity contribution in [1.82, 2.24) is 0 Å². The van der Waals surface area contributed by atoms with Gasteiger partial charge in [0.2, 0.25) is 0 Å². The quantitative estimate of drug-likeness (QED) is 0.693. The van der Waals surface area contributed by atoms with Gasteiger partial charge in [0.05, 0.1) is 14.2 Å². The second-order valence-electron chi connectivity index (χ2n) is 8.11. The molecule has 28 heavy (non-hydrogen) atoms. The van der Waals surface area contributed by atoms with Crippen molar-refractivity contribution < 1.29 is 24.6 Å². The summed E-state index contributed by atoms with van der Waals surface area (Å²) < 4.78 is 16.4. The van der Waals surface area contributed by atoms with Crippen LogP contribution in [0.4, 0.5) is 0 Å². The fourth-order valence-electron chi connectivity index (χ4n) is 2.98. The largest absolute Gasteiger partial charge is 0.493 e. The molecule has 5 nitrogen and oxygen atoms in total. The van der Waals surface area contributed by atoms with Crippen LogP contribution in [0.25, 0.3) is 0 Å². The zero-order valence-electron chi connectivity index (χ0n) is 17.9. The van der Waals surface area contributed by atoms with Gasteiger partial charge >= 0.3 is 0 Å². The van der Waals surface area contributed by atoms with Gasteiger partial charge in [-0.15, -0.1) is 0 Å². The van der Waals surface area contributed by atoms with Gasteiger partial charge in [-0.05, 0) is 47.7 Å². The van der Waals surface area contributed by atoms with Gasteiger partial charge in [0.25, 0.3) is 0 Å². The summed E-state index contributed by atoms with van der Waals surface area (Å²) in [7, 11) is 3.25. The third-order valence-corrected chi connectivity index (χ3v) is 4.74. The Balaban J connectivity index is 1.81. The maximum atomic E-state index is 10.2. The third kappa shape index (κ3) is 6.14. The fourth-order valence-corrected chi connectivity index (χ4v) is 2.98. The van der Waals surface area contributed by atoms with Crippen LogP contribution in [-0.2, 0) is 12.0 Å². The van der Waals surface area contributed by atoms with Gasteiger partial charge < -0.3 is 24.6 Å². The minimum atomic E-state index is -0.540. The van der Waals surface area contributed by atoms with E-state index in [9.17, 15) is 5.11 Å². The first-order valence-electron chi connectivity index (χ1n) is 9.69. The highest BCUT2D eigenvalue weighted by Crippen LogP contribution is 2.28. The Hall–Kier alpha value is -2.24. The van der Waals surface area contributed by atoms with Crippen LogP contribution in [0, 0.1) is 6.92 Å². The molecule has 2 rings (SSSR count). The maximum Gasteiger partial charge on any atom is 0.161 e. The molecule has 0 aliphatic heterocycles. The molecule has 2 aromatic rings. The van der Waals surface area contributed by atoms with Crippen LogP contribution in [0.5, 0.6) is 17.2 Å². The average molecular weight is 389 g/mol. The van der Waals surface area contributed by atoms with Crippen LogP contribution in [0.3, 0.4) is 0 Å². The topological polar surface area (TPSA) is 64.5 Å². The zero-order chi connectivity index (χ0) is 20.7. The maximum absolute atomic E-state index is 10.2. The molecular weight excluding hydrogens is 354 g/mol. The van der Waals surface area contributed by atoms with Gasteiger partial charge in [-0.2, -0.15) is 0 Å². The Kier molecular flexibility index (Phi) is 7.72. The van der Waals surface area contributed by atoms with Crippen molar-refractivity contribution in [3.63, 3.8) is 0 Å². The Bertz CT molecular complexity index is 768. The fraction of sp³-hybridized carbons (Fsp3) is 0.478. The molecule has 1 atom stereocenters. The highest BCUT2D eigenvalue weighted by Gasteiger charge is 2.15. The first kappa shape index (κ1) is 22.1. The lowest BCUT2D eigenvalue weighted by Crippen LogP contribution is -2.85. The minimum Gasteiger partial charge on any atom is -0.493 e. The third-order valence-electron chi connectivity index (χ3n) is 4.74. The van der Waals surface area contributed by atoms with Crippen LogP contribution >= 0.6 is 0 Å². The molecule has 0 unspecified atom stereocenters. The number of aryl methyl sites for hydroxylation is 1. The number of ether oxygens (including phenoxy) is 3. The molecule has 3 N–H and O–H groups in total. The molecule has 154 valence electrons. The summed E-state index contributed by atoms with van der Waals surface area (Å²) in [5, 5.41) is 12.3. The van der Waals surface area contributed by atoms with E-state index >= 15 is 0 Å². The summed E-state index contributed by atoms with van der Waals surface area (Å²) in [4.78, 5) is 0. The average Bonchev–Trinajstić information content (AvgIpc) is 2.66. The van der Waals surface area contributed by atoms with E-state index in [2.05, 4.69) is 38.2 Å². The van der Waals surface area contributed by atoms with E-state index in [0.29, 0.717) is 18.0 Å². The molecule has 0 saturated carbocycles. The number of quaternary nitrogens is 1. The SMILES string of the molecule is COc1ccc(C[NH2+]C[C@H](O)COc2ccc(C(C)(C)C)cc2C)cc1OC. The molecule has 2 aromatic carbocycles. The summed E-state index contributed by atoms with van der Waals surface area (Å²) in [6.45, 7) is 10.2. The van der Waals surface area contributed by atoms with Crippen molar-refractivity contribution >= 4 is 0 Å². The first-order valence-corrected chi connectivity index (χ1v) is 9.69. The van der Waals surface area contributed by atoms with Crippen molar-refractivity contribution in [2.45, 2.75) is 45.8 Å². The summed E-state index contributed by atoms with van der Waals surface area (Å²) in [5.41, 5.74) is 3.59. The van der Waals surface area contributed by atoms with Crippen LogP contribution < -0.4 is 19.5 Å². The van der Waals surface area contributed by atoms with Gasteiger partial charge in [0.15, 0.2) is 11.5 Å². The number of nitrogens with two attached hydrogens (primary N) is 1. The molecule has 0 heterocycles. The lowest BCUT2D eigenvalue weighted by molar-refractivity contribution is -0.676. The summed E-state index contributed by atoms with van der Waals surface area (Å²) in [6, 6.07) is 12.1. The normalized spacial score (nSPS) is 12.5. The molecule has 0 amide bonds. The van der Waals surface area contributed by atoms with Crippen LogP contribution in [-0.4, -0.2) is 38.6 Å². The molecule has 0 spiro atoms. The van der Waals surface area contributed by atoms with Gasteiger partial charge in [0, 0.05) is 5.56 Å². The lowest BCUT2D eigenvalue weighted by atomic mass is 9.86. The Labute approximate surface area is 168 Å². The van der Waals surface area contributed by atoms with E-state index in [0.717, 1.165) is 23.4 Å². The number of aliphatic hydroxyl groups is 1. The number of methoxy groups -OCH3 is 2. The second kappa shape index (κ2) is 9.80. The molecule has 0 bridgehead atoms. The molecule has 0 saturated heterocycles. The van der Waals surface area contributed by atoms with Crippen molar-refractivity contribution in [2.75, 3.05) is 27.4 Å². The van der Waals surface area contributed by atoms with Gasteiger partial charge in [0.1, 0.15) is 31.5 Å². The van der Waals surface area contributed by atoms with Crippen molar-refractivity contribution in [2.24, 2.45) is 0 Å². The van der Waals surface area contributed by atoms with Crippen LogP contribution in [0.15, 0.2) is 36.4 Å². The first-order chi connectivity index (χ1) is 13.2. The van der Waals surface area contributed by atoms with E-state index < -0.39 is 6.10 Å². The molecule has 0 aliphatic carbocycles. The number of aliphatic hydroxyl groups excluding tert-OH is 1. The van der Waals surface area contributed by atoms with Crippen LogP contribution in [0.2, 0.25) is 0 Å². The lowest BCUT2D eigenvalue weighted by Gasteiger charge is -2.21. The number of hydrogen-bond acceptors (Lipinski definition) is 4. The molecule has 0 radical (unpaired) electrons. The van der Waals surface area contributed by atoms with Crippen molar-refractivity contribution in [3.8, 4) is 17.2 Å². The molecular formula is C23H34NO4+. The Morgan fingerprint density at radius 2 is 1.64 bits per heavy atom. The predicted octanol–water partition coefficient (Wildman–Crippen LogP) is 2.81. The minimum absolute atomic E-state index is 0.113. The predicted molar refractivity (Wildman–Crippen MR) is 111 cm³/mol. The van der Waals surface area contributed by atoms with Crippen molar-refractivity contribution in [3.05, 3.63) is 53.1 Å². The van der Waals surface area contributed by atoms with E-state index in [1.54, 1.807) is 14.2 Å². The highest BCUT2D eigenvalue weighted by molar-refractivity contribution is 5.42. The molecule has 0 aliphatic rings. The van der Waals surface area contributed by atoms with E-state index in [1.807, 2.05) is 31.2 Å². The van der Waals surface area contributed by atoms with Gasteiger partial charge in [-0.25, -0.2) is 0 Å². The van der Waals surface area contributed by atoms with Crippen molar-refractivity contribution in [1.29, 1.82) is 0 Å². The van der Waals surface area contributed by atoms with Gasteiger partial charge in [-0.1, -0.05) is 32.9 Å². The zero-order valence-corrected chi connectivity index (χ0v) is 17.9. The monoisotopic (exact) mass is 388 g/mol. The van der Waals surface area contributed by atoms with E-state index in [1.165, 1.54) is 5.56 Å². The van der Waals surface area contributed by atoms with E-state index in [-0.39, 0.29) is 12.0 Å². The summed E-state index contributed by atoms with van der Waals surface area (Å²) in [5.74, 6) is 2.26. The Morgan fingerprint density at radius 3 is 2.25 bits per heavy atom. The Morgan fingerprint density at radius 1 is 0.964 bits per heavy atom.